The molecular formula is C16H17N5O4S. The number of nitrogens with zero attached hydrogens (tertiary/aromatic N) is 4. The number of fused-ring (bicyclic) bond motifs is 1. The first kappa shape index (κ1) is 17.9. The first-order valence-electron chi connectivity index (χ1n) is 7.71. The Kier molecular flexibility index (Phi) is 4.68. The van der Waals surface area contributed by atoms with Crippen LogP contribution >= 0.6 is 11.8 Å². The third-order valence-electron chi connectivity index (χ3n) is 3.84. The molecule has 0 atom stereocenters. The third-order valence-corrected chi connectivity index (χ3v) is 5.06. The molecule has 0 saturated heterocycles. The van der Waals surface area contributed by atoms with E-state index in [1.807, 2.05) is 0 Å². The predicted octanol–water partition coefficient (Wildman–Crippen LogP) is 0.968. The summed E-state index contributed by atoms with van der Waals surface area (Å²) in [5.74, 6) is 0.711. The van der Waals surface area contributed by atoms with E-state index in [0.29, 0.717) is 27.5 Å². The molecule has 0 spiro atoms. The van der Waals surface area contributed by atoms with E-state index in [1.165, 1.54) is 23.4 Å². The van der Waals surface area contributed by atoms with Crippen LogP contribution in [0.2, 0.25) is 0 Å². The maximum Gasteiger partial charge on any atom is 0.332 e. The second-order valence-electron chi connectivity index (χ2n) is 5.83. The number of pyridine rings is 1. The first-order chi connectivity index (χ1) is 12.3. The van der Waals surface area contributed by atoms with Crippen LogP contribution in [0.4, 0.5) is 5.82 Å². The molecule has 1 amide bonds. The molecule has 26 heavy (non-hydrogen) atoms. The second-order valence-corrected chi connectivity index (χ2v) is 6.82. The average molecular weight is 375 g/mol. The number of rotatable bonds is 4. The Bertz CT molecular complexity index is 1130. The zero-order valence-electron chi connectivity index (χ0n) is 14.7. The summed E-state index contributed by atoms with van der Waals surface area (Å²) in [7, 11) is 2.97. The number of carbonyl (C=O) groups is 1. The summed E-state index contributed by atoms with van der Waals surface area (Å²) in [5, 5.41) is 6.66. The van der Waals surface area contributed by atoms with Gasteiger partial charge in [-0.1, -0.05) is 5.16 Å². The van der Waals surface area contributed by atoms with Gasteiger partial charge in [-0.25, -0.2) is 9.78 Å². The molecule has 0 saturated carbocycles. The molecule has 0 unspecified atom stereocenters. The molecule has 3 aromatic heterocycles. The van der Waals surface area contributed by atoms with E-state index in [4.69, 9.17) is 4.52 Å². The average Bonchev–Trinajstić information content (AvgIpc) is 3.01. The van der Waals surface area contributed by atoms with Crippen LogP contribution in [0.3, 0.4) is 0 Å². The summed E-state index contributed by atoms with van der Waals surface area (Å²) in [6.45, 7) is 3.53. The molecule has 1 N–H and O–H groups in total. The normalized spacial score (nSPS) is 11.1. The van der Waals surface area contributed by atoms with Crippen LogP contribution in [0.5, 0.6) is 0 Å². The monoisotopic (exact) mass is 375 g/mol. The van der Waals surface area contributed by atoms with E-state index < -0.39 is 11.2 Å². The lowest BCUT2D eigenvalue weighted by atomic mass is 10.2. The Hall–Kier alpha value is -2.88. The molecule has 0 fully saturated rings. The minimum absolute atomic E-state index is 0.0673. The smallest absolute Gasteiger partial charge is 0.332 e. The zero-order valence-corrected chi connectivity index (χ0v) is 15.5. The first-order valence-corrected chi connectivity index (χ1v) is 8.69. The molecule has 3 rings (SSSR count). The van der Waals surface area contributed by atoms with Crippen molar-refractivity contribution in [3.05, 3.63) is 44.4 Å². The highest BCUT2D eigenvalue weighted by Crippen LogP contribution is 2.27. The lowest BCUT2D eigenvalue weighted by Gasteiger charge is -2.12. The summed E-state index contributed by atoms with van der Waals surface area (Å²) >= 11 is 1.21. The lowest BCUT2D eigenvalue weighted by Crippen LogP contribution is -2.37. The third kappa shape index (κ3) is 3.15. The van der Waals surface area contributed by atoms with Crippen LogP contribution < -0.4 is 16.6 Å². The predicted molar refractivity (Wildman–Crippen MR) is 97.6 cm³/mol. The quantitative estimate of drug-likeness (QED) is 0.676. The minimum Gasteiger partial charge on any atom is -0.360 e. The number of amides is 1. The maximum atomic E-state index is 12.6. The van der Waals surface area contributed by atoms with Crippen molar-refractivity contribution in [1.29, 1.82) is 0 Å². The van der Waals surface area contributed by atoms with Crippen molar-refractivity contribution >= 4 is 34.5 Å². The minimum atomic E-state index is -0.450. The molecule has 3 aromatic rings. The van der Waals surface area contributed by atoms with Crippen molar-refractivity contribution in [3.63, 3.8) is 0 Å². The summed E-state index contributed by atoms with van der Waals surface area (Å²) < 4.78 is 7.25. The van der Waals surface area contributed by atoms with E-state index in [-0.39, 0.29) is 11.7 Å². The maximum absolute atomic E-state index is 12.6. The van der Waals surface area contributed by atoms with Gasteiger partial charge in [-0.15, -0.1) is 11.8 Å². The van der Waals surface area contributed by atoms with Crippen LogP contribution in [-0.4, -0.2) is 30.9 Å². The molecule has 0 aliphatic rings. The van der Waals surface area contributed by atoms with Gasteiger partial charge >= 0.3 is 5.69 Å². The van der Waals surface area contributed by atoms with Gasteiger partial charge < -0.3 is 9.84 Å². The fraction of sp³-hybridized carbons (Fsp3) is 0.312. The molecule has 9 nitrogen and oxygen atoms in total. The van der Waals surface area contributed by atoms with Crippen LogP contribution in [0.25, 0.3) is 11.0 Å². The largest absolute Gasteiger partial charge is 0.360 e. The SMILES string of the molecule is Cc1cc(NC(=O)CSc2c(C)cnc3c2c(=O)n(C)c(=O)n3C)no1. The number of hydrogen-bond acceptors (Lipinski definition) is 7. The number of aromatic nitrogens is 4. The van der Waals surface area contributed by atoms with Crippen molar-refractivity contribution < 1.29 is 9.32 Å². The number of hydrogen-bond donors (Lipinski definition) is 1. The van der Waals surface area contributed by atoms with Gasteiger partial charge in [0.1, 0.15) is 11.4 Å². The Morgan fingerprint density at radius 3 is 2.65 bits per heavy atom. The zero-order chi connectivity index (χ0) is 19.0. The number of anilines is 1. The molecule has 136 valence electrons. The topological polar surface area (TPSA) is 112 Å². The highest BCUT2D eigenvalue weighted by molar-refractivity contribution is 8.00. The molecule has 3 heterocycles. The molecule has 0 aliphatic carbocycles. The summed E-state index contributed by atoms with van der Waals surface area (Å²) in [5.41, 5.74) is 0.158. The molecule has 0 aliphatic heterocycles. The van der Waals surface area contributed by atoms with Crippen molar-refractivity contribution in [2.24, 2.45) is 14.1 Å². The number of thioether (sulfide) groups is 1. The fourth-order valence-corrected chi connectivity index (χ4v) is 3.48. The van der Waals surface area contributed by atoms with Gasteiger partial charge in [-0.2, -0.15) is 0 Å². The van der Waals surface area contributed by atoms with Crippen molar-refractivity contribution in [1.82, 2.24) is 19.3 Å². The van der Waals surface area contributed by atoms with Crippen LogP contribution in [0.15, 0.2) is 31.3 Å². The van der Waals surface area contributed by atoms with Crippen molar-refractivity contribution in [3.8, 4) is 0 Å². The van der Waals surface area contributed by atoms with Gasteiger partial charge in [0.05, 0.1) is 11.1 Å². The molecule has 0 bridgehead atoms. The Morgan fingerprint density at radius 1 is 1.27 bits per heavy atom. The molecular weight excluding hydrogens is 358 g/mol. The second kappa shape index (κ2) is 6.79. The van der Waals surface area contributed by atoms with Gasteiger partial charge in [0, 0.05) is 31.3 Å². The lowest BCUT2D eigenvalue weighted by molar-refractivity contribution is -0.113. The van der Waals surface area contributed by atoms with Crippen LogP contribution in [0.1, 0.15) is 11.3 Å². The Morgan fingerprint density at radius 2 is 2.00 bits per heavy atom. The number of nitrogens with one attached hydrogen (secondary N) is 1. The fourth-order valence-electron chi connectivity index (χ4n) is 2.53. The van der Waals surface area contributed by atoms with E-state index >= 15 is 0 Å². The standard InChI is InChI=1S/C16H17N5O4S/c1-8-6-17-14-12(15(23)21(4)16(24)20(14)3)13(8)26-7-11(22)18-10-5-9(2)25-19-10/h5-6H,7H2,1-4H3,(H,18,19,22). The number of carbonyl (C=O) groups excluding carboxylic acids is 1. The van der Waals surface area contributed by atoms with E-state index in [9.17, 15) is 14.4 Å². The van der Waals surface area contributed by atoms with Crippen LogP contribution in [0, 0.1) is 13.8 Å². The Balaban J connectivity index is 1.95. The van der Waals surface area contributed by atoms with Crippen molar-refractivity contribution in [2.45, 2.75) is 18.7 Å². The molecule has 0 aromatic carbocycles. The highest BCUT2D eigenvalue weighted by atomic mass is 32.2. The van der Waals surface area contributed by atoms with Gasteiger partial charge in [0.15, 0.2) is 5.82 Å². The summed E-state index contributed by atoms with van der Waals surface area (Å²) in [6, 6.07) is 1.61. The highest BCUT2D eigenvalue weighted by Gasteiger charge is 2.17. The van der Waals surface area contributed by atoms with E-state index in [0.717, 1.165) is 10.1 Å². The van der Waals surface area contributed by atoms with Crippen LogP contribution in [-0.2, 0) is 18.9 Å². The number of aryl methyl sites for hydroxylation is 3. The van der Waals surface area contributed by atoms with Crippen molar-refractivity contribution in [2.75, 3.05) is 11.1 Å². The summed E-state index contributed by atoms with van der Waals surface area (Å²) in [6.07, 6.45) is 1.59. The van der Waals surface area contributed by atoms with Gasteiger partial charge in [0.25, 0.3) is 5.56 Å². The molecule has 0 radical (unpaired) electrons. The van der Waals surface area contributed by atoms with E-state index in [1.54, 1.807) is 33.2 Å². The van der Waals surface area contributed by atoms with E-state index in [2.05, 4.69) is 15.5 Å². The van der Waals surface area contributed by atoms with Gasteiger partial charge in [-0.3, -0.25) is 18.7 Å². The van der Waals surface area contributed by atoms with Gasteiger partial charge in [0.2, 0.25) is 5.91 Å². The Labute approximate surface area is 152 Å². The van der Waals surface area contributed by atoms with Gasteiger partial charge in [-0.05, 0) is 19.4 Å². The summed E-state index contributed by atoms with van der Waals surface area (Å²) in [4.78, 5) is 41.6. The molecule has 10 heteroatoms.